The average molecular weight is 319 g/mol. The summed E-state index contributed by atoms with van der Waals surface area (Å²) in [5, 5.41) is 0. The molecule has 0 N–H and O–H groups in total. The minimum Gasteiger partial charge on any atom is -0.334 e. The number of nitrogens with zero attached hydrogens (tertiary/aromatic N) is 3. The third-order valence-corrected chi connectivity index (χ3v) is 3.85. The summed E-state index contributed by atoms with van der Waals surface area (Å²) < 4.78 is 0. The molecule has 5 nitrogen and oxygen atoms in total. The molecule has 24 heavy (non-hydrogen) atoms. The fourth-order valence-electron chi connectivity index (χ4n) is 2.58. The number of amides is 1. The zero-order valence-electron chi connectivity index (χ0n) is 13.3. The maximum Gasteiger partial charge on any atom is 0.220 e. The van der Waals surface area contributed by atoms with Crippen LogP contribution in [-0.2, 0) is 9.59 Å². The van der Waals surface area contributed by atoms with Gasteiger partial charge in [0, 0.05) is 55.9 Å². The molecule has 0 radical (unpaired) electrons. The van der Waals surface area contributed by atoms with Crippen molar-refractivity contribution in [3.05, 3.63) is 71.3 Å². The minimum absolute atomic E-state index is 0.0267. The number of pyridine rings is 2. The number of Topliss-reactive ketones (excluding diaryl/α,β-unsaturated/α-hetero) is 1. The number of hydrogen-bond acceptors (Lipinski definition) is 4. The van der Waals surface area contributed by atoms with Gasteiger partial charge in [-0.25, -0.2) is 0 Å². The fraction of sp³-hybridized carbons (Fsp3) is 0.158. The van der Waals surface area contributed by atoms with E-state index in [4.69, 9.17) is 0 Å². The largest absolute Gasteiger partial charge is 0.334 e. The Bertz CT molecular complexity index is 750. The molecule has 3 heterocycles. The molecule has 1 saturated heterocycles. The highest BCUT2D eigenvalue weighted by molar-refractivity contribution is 6.15. The van der Waals surface area contributed by atoms with Gasteiger partial charge < -0.3 is 4.90 Å². The van der Waals surface area contributed by atoms with Gasteiger partial charge in [0.2, 0.25) is 5.91 Å². The summed E-state index contributed by atoms with van der Waals surface area (Å²) in [5.74, 6) is -0.0788. The average Bonchev–Trinajstić information content (AvgIpc) is 2.60. The van der Waals surface area contributed by atoms with Crippen molar-refractivity contribution in [2.75, 3.05) is 13.1 Å². The van der Waals surface area contributed by atoms with Crippen molar-refractivity contribution in [3.8, 4) is 0 Å². The Kier molecular flexibility index (Phi) is 4.61. The van der Waals surface area contributed by atoms with Gasteiger partial charge in [-0.15, -0.1) is 0 Å². The number of piperidine rings is 1. The van der Waals surface area contributed by atoms with Gasteiger partial charge in [-0.05, 0) is 47.5 Å². The number of hydrogen-bond donors (Lipinski definition) is 0. The zero-order valence-corrected chi connectivity index (χ0v) is 13.3. The van der Waals surface area contributed by atoms with E-state index in [9.17, 15) is 9.59 Å². The fourth-order valence-corrected chi connectivity index (χ4v) is 2.58. The molecular formula is C19H17N3O2. The highest BCUT2D eigenvalue weighted by Crippen LogP contribution is 2.22. The van der Waals surface area contributed by atoms with Gasteiger partial charge in [-0.2, -0.15) is 0 Å². The van der Waals surface area contributed by atoms with E-state index in [1.807, 2.05) is 36.4 Å². The van der Waals surface area contributed by atoms with Crippen LogP contribution in [0.5, 0.6) is 0 Å². The number of rotatable bonds is 2. The molecule has 1 amide bonds. The predicted molar refractivity (Wildman–Crippen MR) is 91.7 cm³/mol. The molecule has 2 aromatic rings. The molecule has 0 saturated carbocycles. The summed E-state index contributed by atoms with van der Waals surface area (Å²) >= 11 is 0. The first-order valence-corrected chi connectivity index (χ1v) is 7.65. The lowest BCUT2D eigenvalue weighted by atomic mass is 9.94. The van der Waals surface area contributed by atoms with Crippen molar-refractivity contribution in [2.45, 2.75) is 6.92 Å². The van der Waals surface area contributed by atoms with Gasteiger partial charge in [0.25, 0.3) is 0 Å². The SMILES string of the molecule is CC(=O)N1C/C(=C/c2ccncc2)C(=O)/C(=C/c2ccncc2)C1. The molecule has 0 aliphatic carbocycles. The monoisotopic (exact) mass is 319 g/mol. The Labute approximate surface area is 140 Å². The van der Waals surface area contributed by atoms with Gasteiger partial charge in [0.05, 0.1) is 0 Å². The summed E-state index contributed by atoms with van der Waals surface area (Å²) in [5.41, 5.74) is 2.98. The number of likely N-dealkylation sites (tertiary alicyclic amines) is 1. The molecule has 3 rings (SSSR count). The molecule has 5 heteroatoms. The van der Waals surface area contributed by atoms with E-state index >= 15 is 0 Å². The molecule has 0 aromatic carbocycles. The lowest BCUT2D eigenvalue weighted by Gasteiger charge is -2.29. The second-order valence-electron chi connectivity index (χ2n) is 5.60. The van der Waals surface area contributed by atoms with E-state index in [-0.39, 0.29) is 11.7 Å². The van der Waals surface area contributed by atoms with Crippen LogP contribution < -0.4 is 0 Å². The van der Waals surface area contributed by atoms with E-state index in [0.717, 1.165) is 11.1 Å². The highest BCUT2D eigenvalue weighted by atomic mass is 16.2. The summed E-state index contributed by atoms with van der Waals surface area (Å²) in [4.78, 5) is 34.3. The van der Waals surface area contributed by atoms with Gasteiger partial charge in [-0.1, -0.05) is 0 Å². The molecule has 1 fully saturated rings. The molecule has 0 spiro atoms. The van der Waals surface area contributed by atoms with Crippen LogP contribution >= 0.6 is 0 Å². The van der Waals surface area contributed by atoms with Crippen LogP contribution in [0.15, 0.2) is 60.2 Å². The first-order chi connectivity index (χ1) is 11.6. The lowest BCUT2D eigenvalue weighted by molar-refractivity contribution is -0.129. The Morgan fingerprint density at radius 3 is 1.71 bits per heavy atom. The summed E-state index contributed by atoms with van der Waals surface area (Å²) in [6.45, 7) is 2.16. The second-order valence-corrected chi connectivity index (χ2v) is 5.60. The van der Waals surface area contributed by atoms with Crippen molar-refractivity contribution in [1.29, 1.82) is 0 Å². The van der Waals surface area contributed by atoms with Crippen LogP contribution in [0.3, 0.4) is 0 Å². The quantitative estimate of drug-likeness (QED) is 0.797. The predicted octanol–water partition coefficient (Wildman–Crippen LogP) is 2.37. The van der Waals surface area contributed by atoms with Crippen LogP contribution in [0, 0.1) is 0 Å². The van der Waals surface area contributed by atoms with E-state index in [2.05, 4.69) is 9.97 Å². The summed E-state index contributed by atoms with van der Waals surface area (Å²) in [6.07, 6.45) is 10.3. The van der Waals surface area contributed by atoms with E-state index in [1.165, 1.54) is 6.92 Å². The number of aromatic nitrogens is 2. The Hall–Kier alpha value is -3.08. The minimum atomic E-state index is -0.0521. The molecular weight excluding hydrogens is 302 g/mol. The van der Waals surface area contributed by atoms with E-state index < -0.39 is 0 Å². The van der Waals surface area contributed by atoms with Crippen LogP contribution in [0.4, 0.5) is 0 Å². The zero-order chi connectivity index (χ0) is 16.9. The number of carbonyl (C=O) groups is 2. The highest BCUT2D eigenvalue weighted by Gasteiger charge is 2.27. The van der Waals surface area contributed by atoms with E-state index in [1.54, 1.807) is 29.7 Å². The number of carbonyl (C=O) groups excluding carboxylic acids is 2. The number of ketones is 1. The van der Waals surface area contributed by atoms with E-state index in [0.29, 0.717) is 24.2 Å². The Morgan fingerprint density at radius 1 is 0.917 bits per heavy atom. The second kappa shape index (κ2) is 7.00. The van der Waals surface area contributed by atoms with Crippen LogP contribution in [0.2, 0.25) is 0 Å². The summed E-state index contributed by atoms with van der Waals surface area (Å²) in [6, 6.07) is 7.33. The van der Waals surface area contributed by atoms with Gasteiger partial charge >= 0.3 is 0 Å². The maximum absolute atomic E-state index is 12.8. The van der Waals surface area contributed by atoms with Crippen molar-refractivity contribution >= 4 is 23.8 Å². The third kappa shape index (κ3) is 3.63. The molecule has 0 bridgehead atoms. The standard InChI is InChI=1S/C19H17N3O2/c1-14(23)22-12-17(10-15-2-6-20-7-3-15)19(24)18(13-22)11-16-4-8-21-9-5-16/h2-11H,12-13H2,1H3/b17-10-,18-11+. The Balaban J connectivity index is 1.98. The third-order valence-electron chi connectivity index (χ3n) is 3.85. The van der Waals surface area contributed by atoms with Crippen molar-refractivity contribution in [3.63, 3.8) is 0 Å². The summed E-state index contributed by atoms with van der Waals surface area (Å²) in [7, 11) is 0. The topological polar surface area (TPSA) is 63.2 Å². The molecule has 1 aliphatic rings. The normalized spacial score (nSPS) is 18.2. The van der Waals surface area contributed by atoms with Gasteiger partial charge in [0.1, 0.15) is 0 Å². The van der Waals surface area contributed by atoms with Crippen LogP contribution in [0.1, 0.15) is 18.1 Å². The van der Waals surface area contributed by atoms with Crippen molar-refractivity contribution < 1.29 is 9.59 Å². The molecule has 1 aliphatic heterocycles. The molecule has 120 valence electrons. The van der Waals surface area contributed by atoms with Gasteiger partial charge in [-0.3, -0.25) is 19.6 Å². The molecule has 0 unspecified atom stereocenters. The first kappa shape index (κ1) is 15.8. The molecule has 0 atom stereocenters. The maximum atomic E-state index is 12.8. The van der Waals surface area contributed by atoms with Crippen LogP contribution in [0.25, 0.3) is 12.2 Å². The molecule has 2 aromatic heterocycles. The van der Waals surface area contributed by atoms with Crippen molar-refractivity contribution in [1.82, 2.24) is 14.9 Å². The first-order valence-electron chi connectivity index (χ1n) is 7.65. The van der Waals surface area contributed by atoms with Crippen LogP contribution in [-0.4, -0.2) is 39.6 Å². The Morgan fingerprint density at radius 2 is 1.33 bits per heavy atom. The van der Waals surface area contributed by atoms with Crippen molar-refractivity contribution in [2.24, 2.45) is 0 Å². The smallest absolute Gasteiger partial charge is 0.220 e. The lowest BCUT2D eigenvalue weighted by Crippen LogP contribution is -2.40. The van der Waals surface area contributed by atoms with Gasteiger partial charge in [0.15, 0.2) is 5.78 Å².